The van der Waals surface area contributed by atoms with Crippen LogP contribution >= 0.6 is 0 Å². The lowest BCUT2D eigenvalue weighted by atomic mass is 9.79. The van der Waals surface area contributed by atoms with Crippen LogP contribution in [0.1, 0.15) is 30.0 Å². The molecule has 29 heavy (non-hydrogen) atoms. The van der Waals surface area contributed by atoms with Crippen molar-refractivity contribution >= 4 is 0 Å². The van der Waals surface area contributed by atoms with E-state index in [4.69, 9.17) is 14.2 Å². The Hall–Kier alpha value is -2.82. The molecule has 0 fully saturated rings. The first-order valence-corrected chi connectivity index (χ1v) is 9.77. The maximum Gasteiger partial charge on any atom is 0.144 e. The van der Waals surface area contributed by atoms with Crippen LogP contribution in [0.3, 0.4) is 0 Å². The van der Waals surface area contributed by atoms with Gasteiger partial charge in [0.2, 0.25) is 0 Å². The molecular formula is C25H28O4. The second-order valence-electron chi connectivity index (χ2n) is 6.94. The van der Waals surface area contributed by atoms with Crippen molar-refractivity contribution in [2.45, 2.75) is 25.0 Å². The van der Waals surface area contributed by atoms with Crippen LogP contribution in [-0.4, -0.2) is 32.0 Å². The van der Waals surface area contributed by atoms with E-state index in [0.29, 0.717) is 6.42 Å². The van der Waals surface area contributed by atoms with Crippen LogP contribution in [0.15, 0.2) is 78.9 Å². The van der Waals surface area contributed by atoms with Gasteiger partial charge < -0.3 is 19.3 Å². The summed E-state index contributed by atoms with van der Waals surface area (Å²) in [5, 5.41) is 9.47. The minimum atomic E-state index is -0.839. The summed E-state index contributed by atoms with van der Waals surface area (Å²) in [6.45, 7) is 2.05. The molecular weight excluding hydrogens is 364 g/mol. The molecule has 0 heterocycles. The first kappa shape index (κ1) is 20.9. The number of aliphatic hydroxyl groups is 1. The fourth-order valence-electron chi connectivity index (χ4n) is 3.57. The Morgan fingerprint density at radius 1 is 0.724 bits per heavy atom. The first-order valence-electron chi connectivity index (χ1n) is 9.77. The second kappa shape index (κ2) is 9.59. The molecule has 0 saturated heterocycles. The molecule has 4 nitrogen and oxygen atoms in total. The highest BCUT2D eigenvalue weighted by atomic mass is 16.5. The van der Waals surface area contributed by atoms with Crippen LogP contribution in [0, 0.1) is 0 Å². The molecule has 0 aliphatic rings. The molecule has 0 radical (unpaired) electrons. The van der Waals surface area contributed by atoms with Gasteiger partial charge >= 0.3 is 0 Å². The Morgan fingerprint density at radius 3 is 1.59 bits per heavy atom. The minimum Gasteiger partial charge on any atom is -0.497 e. The van der Waals surface area contributed by atoms with E-state index in [-0.39, 0.29) is 12.7 Å². The van der Waals surface area contributed by atoms with E-state index >= 15 is 0 Å². The van der Waals surface area contributed by atoms with Gasteiger partial charge in [-0.25, -0.2) is 0 Å². The first-order chi connectivity index (χ1) is 14.1. The molecule has 0 bridgehead atoms. The summed E-state index contributed by atoms with van der Waals surface area (Å²) in [4.78, 5) is 0. The molecule has 1 atom stereocenters. The van der Waals surface area contributed by atoms with Gasteiger partial charge in [0, 0.05) is 6.61 Å². The summed E-state index contributed by atoms with van der Waals surface area (Å²) in [5.41, 5.74) is 2.15. The molecule has 1 unspecified atom stereocenters. The van der Waals surface area contributed by atoms with Crippen LogP contribution in [-0.2, 0) is 10.3 Å². The monoisotopic (exact) mass is 392 g/mol. The number of aliphatic hydroxyl groups excluding tert-OH is 1. The van der Waals surface area contributed by atoms with Crippen molar-refractivity contribution in [3.05, 3.63) is 95.6 Å². The van der Waals surface area contributed by atoms with Crippen molar-refractivity contribution in [1.29, 1.82) is 0 Å². The highest BCUT2D eigenvalue weighted by molar-refractivity contribution is 5.49. The van der Waals surface area contributed by atoms with Crippen LogP contribution in [0.4, 0.5) is 0 Å². The number of methoxy groups -OCH3 is 2. The Labute approximate surface area is 172 Å². The molecule has 0 spiro atoms. The van der Waals surface area contributed by atoms with Crippen molar-refractivity contribution in [3.8, 4) is 11.5 Å². The lowest BCUT2D eigenvalue weighted by molar-refractivity contribution is -0.0471. The molecule has 3 rings (SSSR count). The number of hydrogen-bond acceptors (Lipinski definition) is 4. The van der Waals surface area contributed by atoms with Gasteiger partial charge in [0.15, 0.2) is 0 Å². The van der Waals surface area contributed by atoms with Crippen molar-refractivity contribution < 1.29 is 19.3 Å². The fourth-order valence-corrected chi connectivity index (χ4v) is 3.57. The molecule has 3 aromatic rings. The van der Waals surface area contributed by atoms with Gasteiger partial charge in [0.25, 0.3) is 0 Å². The Bertz CT molecular complexity index is 825. The zero-order valence-electron chi connectivity index (χ0n) is 17.2. The lowest BCUT2D eigenvalue weighted by Crippen LogP contribution is -2.36. The third kappa shape index (κ3) is 4.44. The van der Waals surface area contributed by atoms with Gasteiger partial charge in [0.1, 0.15) is 17.1 Å². The highest BCUT2D eigenvalue weighted by Gasteiger charge is 2.39. The van der Waals surface area contributed by atoms with E-state index in [1.54, 1.807) is 14.2 Å². The van der Waals surface area contributed by atoms with Crippen LogP contribution in [0.25, 0.3) is 0 Å². The van der Waals surface area contributed by atoms with E-state index < -0.39 is 5.60 Å². The Morgan fingerprint density at radius 2 is 1.17 bits per heavy atom. The van der Waals surface area contributed by atoms with E-state index in [0.717, 1.165) is 28.2 Å². The number of ether oxygens (including phenoxy) is 3. The number of rotatable bonds is 9. The predicted octanol–water partition coefficient (Wildman–Crippen LogP) is 4.78. The van der Waals surface area contributed by atoms with Crippen molar-refractivity contribution in [2.24, 2.45) is 0 Å². The molecule has 1 N–H and O–H groups in total. The Kier molecular flexibility index (Phi) is 6.91. The molecule has 0 aliphatic heterocycles. The highest BCUT2D eigenvalue weighted by Crippen LogP contribution is 2.42. The minimum absolute atomic E-state index is 0.0667. The van der Waals surface area contributed by atoms with Crippen molar-refractivity contribution in [2.75, 3.05) is 20.8 Å². The molecule has 0 aromatic heterocycles. The van der Waals surface area contributed by atoms with Gasteiger partial charge in [-0.05, 0) is 54.3 Å². The quantitative estimate of drug-likeness (QED) is 0.532. The second-order valence-corrected chi connectivity index (χ2v) is 6.94. The third-order valence-corrected chi connectivity index (χ3v) is 5.09. The standard InChI is InChI=1S/C25H28O4/c1-19(17-18-26)29-25(20-7-5-4-6-8-20,21-9-13-23(27-2)14-10-21)22-11-15-24(28-3)16-12-22/h4-16,19,26H,17-18H2,1-3H3. The molecule has 152 valence electrons. The average molecular weight is 392 g/mol. The topological polar surface area (TPSA) is 47.9 Å². The summed E-state index contributed by atoms with van der Waals surface area (Å²) in [6, 6.07) is 26.0. The van der Waals surface area contributed by atoms with Gasteiger partial charge in [-0.15, -0.1) is 0 Å². The van der Waals surface area contributed by atoms with Crippen LogP contribution in [0.5, 0.6) is 11.5 Å². The van der Waals surface area contributed by atoms with E-state index in [1.165, 1.54) is 0 Å². The third-order valence-electron chi connectivity index (χ3n) is 5.09. The van der Waals surface area contributed by atoms with Crippen LogP contribution in [0.2, 0.25) is 0 Å². The zero-order valence-corrected chi connectivity index (χ0v) is 17.2. The SMILES string of the molecule is COc1ccc(C(OC(C)CCO)(c2ccccc2)c2ccc(OC)cc2)cc1. The molecule has 0 amide bonds. The van der Waals surface area contributed by atoms with E-state index in [9.17, 15) is 5.11 Å². The van der Waals surface area contributed by atoms with Gasteiger partial charge in [-0.1, -0.05) is 54.6 Å². The smallest absolute Gasteiger partial charge is 0.144 e. The van der Waals surface area contributed by atoms with Gasteiger partial charge in [-0.2, -0.15) is 0 Å². The zero-order chi connectivity index (χ0) is 20.7. The van der Waals surface area contributed by atoms with E-state index in [1.807, 2.05) is 73.7 Å². The Balaban J connectivity index is 2.24. The lowest BCUT2D eigenvalue weighted by Gasteiger charge is -2.38. The average Bonchev–Trinajstić information content (AvgIpc) is 2.78. The fraction of sp³-hybridized carbons (Fsp3) is 0.280. The maximum absolute atomic E-state index is 9.47. The molecule has 0 aliphatic carbocycles. The molecule has 0 saturated carbocycles. The molecule has 4 heteroatoms. The van der Waals surface area contributed by atoms with E-state index in [2.05, 4.69) is 12.1 Å². The normalized spacial score (nSPS) is 12.4. The van der Waals surface area contributed by atoms with Gasteiger partial charge in [-0.3, -0.25) is 0 Å². The van der Waals surface area contributed by atoms with Crippen molar-refractivity contribution in [1.82, 2.24) is 0 Å². The number of hydrogen-bond donors (Lipinski definition) is 1. The summed E-state index contributed by atoms with van der Waals surface area (Å²) in [5.74, 6) is 1.57. The van der Waals surface area contributed by atoms with Gasteiger partial charge in [0.05, 0.1) is 20.3 Å². The molecule has 3 aromatic carbocycles. The summed E-state index contributed by atoms with van der Waals surface area (Å²) >= 11 is 0. The predicted molar refractivity (Wildman–Crippen MR) is 115 cm³/mol. The maximum atomic E-state index is 9.47. The summed E-state index contributed by atoms with van der Waals surface area (Å²) in [7, 11) is 3.31. The van der Waals surface area contributed by atoms with Crippen molar-refractivity contribution in [3.63, 3.8) is 0 Å². The number of benzene rings is 3. The largest absolute Gasteiger partial charge is 0.497 e. The van der Waals surface area contributed by atoms with Crippen LogP contribution < -0.4 is 9.47 Å². The summed E-state index contributed by atoms with van der Waals surface area (Å²) < 4.78 is 17.4. The summed E-state index contributed by atoms with van der Waals surface area (Å²) in [6.07, 6.45) is 0.380.